The number of aliphatic hydroxyl groups is 1. The predicted octanol–water partition coefficient (Wildman–Crippen LogP) is 2.92. The molecule has 0 spiro atoms. The van der Waals surface area contributed by atoms with Crippen LogP contribution in [0.5, 0.6) is 0 Å². The molecule has 3 nitrogen and oxygen atoms in total. The molecule has 2 aliphatic carbocycles. The van der Waals surface area contributed by atoms with Crippen molar-refractivity contribution in [3.05, 3.63) is 0 Å². The number of fused-ring (bicyclic) bond motifs is 1. The molecule has 4 atom stereocenters. The van der Waals surface area contributed by atoms with Crippen molar-refractivity contribution in [3.63, 3.8) is 0 Å². The van der Waals surface area contributed by atoms with Crippen LogP contribution in [0.15, 0.2) is 0 Å². The number of piperidine rings is 1. The minimum atomic E-state index is -0.0134. The van der Waals surface area contributed by atoms with Gasteiger partial charge in [0.25, 0.3) is 0 Å². The van der Waals surface area contributed by atoms with E-state index in [0.29, 0.717) is 18.7 Å². The van der Waals surface area contributed by atoms with E-state index in [4.69, 9.17) is 0 Å². The summed E-state index contributed by atoms with van der Waals surface area (Å²) in [6.07, 6.45) is 12.2. The zero-order chi connectivity index (χ0) is 14.9. The van der Waals surface area contributed by atoms with E-state index in [2.05, 4.69) is 24.1 Å². The summed E-state index contributed by atoms with van der Waals surface area (Å²) >= 11 is 0. The van der Waals surface area contributed by atoms with Crippen molar-refractivity contribution >= 4 is 0 Å². The third-order valence-electron chi connectivity index (χ3n) is 6.24. The van der Waals surface area contributed by atoms with E-state index >= 15 is 0 Å². The maximum Gasteiger partial charge on any atom is 0.0614 e. The van der Waals surface area contributed by atoms with Gasteiger partial charge in [-0.2, -0.15) is 0 Å². The van der Waals surface area contributed by atoms with E-state index in [0.717, 1.165) is 24.8 Å². The lowest BCUT2D eigenvalue weighted by atomic mass is 9.77. The third kappa shape index (κ3) is 3.30. The van der Waals surface area contributed by atoms with Crippen LogP contribution in [0.3, 0.4) is 0 Å². The first-order valence-corrected chi connectivity index (χ1v) is 9.28. The summed E-state index contributed by atoms with van der Waals surface area (Å²) in [5, 5.41) is 13.6. The lowest BCUT2D eigenvalue weighted by molar-refractivity contribution is 0.0227. The second-order valence-corrected chi connectivity index (χ2v) is 8.13. The van der Waals surface area contributed by atoms with E-state index < -0.39 is 0 Å². The Balaban J connectivity index is 1.66. The lowest BCUT2D eigenvalue weighted by Gasteiger charge is -2.47. The van der Waals surface area contributed by atoms with Gasteiger partial charge < -0.3 is 10.4 Å². The highest BCUT2D eigenvalue weighted by molar-refractivity contribution is 5.02. The molecule has 0 aromatic rings. The molecule has 3 aliphatic rings. The summed E-state index contributed by atoms with van der Waals surface area (Å²) in [6.45, 7) is 5.99. The summed E-state index contributed by atoms with van der Waals surface area (Å²) < 4.78 is 0. The Labute approximate surface area is 130 Å². The van der Waals surface area contributed by atoms with Gasteiger partial charge in [0.05, 0.1) is 6.61 Å². The van der Waals surface area contributed by atoms with Gasteiger partial charge in [0.1, 0.15) is 0 Å². The Bertz CT molecular complexity index is 344. The number of likely N-dealkylation sites (tertiary alicyclic amines) is 1. The number of nitrogens with one attached hydrogen (secondary N) is 1. The van der Waals surface area contributed by atoms with Crippen LogP contribution in [0.2, 0.25) is 0 Å². The summed E-state index contributed by atoms with van der Waals surface area (Å²) in [7, 11) is 0. The topological polar surface area (TPSA) is 35.5 Å². The highest BCUT2D eigenvalue weighted by atomic mass is 16.3. The SMILES string of the molecule is CC(C)NC1(CO)CCC(N2CCC[C@H]3CCCC[C@H]32)C1. The summed E-state index contributed by atoms with van der Waals surface area (Å²) in [5.41, 5.74) is -0.0134. The Kier molecular flexibility index (Phi) is 4.92. The van der Waals surface area contributed by atoms with Crippen LogP contribution in [0.1, 0.15) is 71.6 Å². The van der Waals surface area contributed by atoms with E-state index in [1.807, 2.05) is 0 Å². The van der Waals surface area contributed by atoms with Gasteiger partial charge in [0.15, 0.2) is 0 Å². The summed E-state index contributed by atoms with van der Waals surface area (Å²) in [4.78, 5) is 2.85. The van der Waals surface area contributed by atoms with E-state index in [1.54, 1.807) is 0 Å². The van der Waals surface area contributed by atoms with Crippen LogP contribution in [0.4, 0.5) is 0 Å². The second-order valence-electron chi connectivity index (χ2n) is 8.13. The summed E-state index contributed by atoms with van der Waals surface area (Å²) in [5.74, 6) is 0.967. The zero-order valence-corrected chi connectivity index (χ0v) is 14.0. The van der Waals surface area contributed by atoms with Gasteiger partial charge in [-0.3, -0.25) is 4.90 Å². The van der Waals surface area contributed by atoms with Crippen LogP contribution in [-0.4, -0.2) is 46.8 Å². The fourth-order valence-corrected chi connectivity index (χ4v) is 5.43. The Hall–Kier alpha value is -0.120. The first kappa shape index (κ1) is 15.8. The normalized spacial score (nSPS) is 41.4. The molecule has 0 aromatic carbocycles. The van der Waals surface area contributed by atoms with Crippen molar-refractivity contribution in [1.82, 2.24) is 10.2 Å². The van der Waals surface area contributed by atoms with Crippen molar-refractivity contribution in [3.8, 4) is 0 Å². The van der Waals surface area contributed by atoms with Gasteiger partial charge in [0, 0.05) is 23.7 Å². The first-order chi connectivity index (χ1) is 10.1. The van der Waals surface area contributed by atoms with Gasteiger partial charge in [-0.1, -0.05) is 26.7 Å². The maximum atomic E-state index is 9.93. The average molecular weight is 294 g/mol. The average Bonchev–Trinajstić information content (AvgIpc) is 2.90. The van der Waals surface area contributed by atoms with Gasteiger partial charge in [0.2, 0.25) is 0 Å². The van der Waals surface area contributed by atoms with Crippen molar-refractivity contribution < 1.29 is 5.11 Å². The molecule has 0 aromatic heterocycles. The van der Waals surface area contributed by atoms with E-state index in [-0.39, 0.29) is 5.54 Å². The van der Waals surface area contributed by atoms with Crippen LogP contribution in [0.25, 0.3) is 0 Å². The standard InChI is InChI=1S/C18H34N2O/c1-14(2)19-18(13-21)10-9-16(12-18)20-11-5-7-15-6-3-4-8-17(15)20/h14-17,19,21H,3-13H2,1-2H3/t15-,16?,17-,18?/m1/s1. The maximum absolute atomic E-state index is 9.93. The van der Waals surface area contributed by atoms with Crippen LogP contribution >= 0.6 is 0 Å². The number of aliphatic hydroxyl groups excluding tert-OH is 1. The molecule has 3 heteroatoms. The minimum absolute atomic E-state index is 0.0134. The quantitative estimate of drug-likeness (QED) is 0.837. The molecule has 3 fully saturated rings. The summed E-state index contributed by atoms with van der Waals surface area (Å²) in [6, 6.07) is 2.01. The second kappa shape index (κ2) is 6.55. The van der Waals surface area contributed by atoms with Gasteiger partial charge in [-0.15, -0.1) is 0 Å². The fraction of sp³-hybridized carbons (Fsp3) is 1.00. The first-order valence-electron chi connectivity index (χ1n) is 9.28. The zero-order valence-electron chi connectivity index (χ0n) is 14.0. The Morgan fingerprint density at radius 3 is 2.67 bits per heavy atom. The molecule has 1 heterocycles. The third-order valence-corrected chi connectivity index (χ3v) is 6.24. The lowest BCUT2D eigenvalue weighted by Crippen LogP contribution is -2.54. The molecule has 21 heavy (non-hydrogen) atoms. The number of hydrogen-bond donors (Lipinski definition) is 2. The van der Waals surface area contributed by atoms with Gasteiger partial charge in [-0.25, -0.2) is 0 Å². The molecule has 0 radical (unpaired) electrons. The largest absolute Gasteiger partial charge is 0.394 e. The molecule has 1 saturated heterocycles. The van der Waals surface area contributed by atoms with E-state index in [9.17, 15) is 5.11 Å². The highest BCUT2D eigenvalue weighted by Crippen LogP contribution is 2.41. The molecule has 1 aliphatic heterocycles. The molecule has 2 unspecified atom stereocenters. The molecule has 0 bridgehead atoms. The number of nitrogens with zero attached hydrogens (tertiary/aromatic N) is 1. The number of rotatable bonds is 4. The molecule has 3 rings (SSSR count). The molecular weight excluding hydrogens is 260 g/mol. The van der Waals surface area contributed by atoms with Crippen molar-refractivity contribution in [2.24, 2.45) is 5.92 Å². The smallest absolute Gasteiger partial charge is 0.0614 e. The molecule has 122 valence electrons. The molecule has 2 N–H and O–H groups in total. The highest BCUT2D eigenvalue weighted by Gasteiger charge is 2.44. The van der Waals surface area contributed by atoms with Crippen LogP contribution < -0.4 is 5.32 Å². The molecule has 2 saturated carbocycles. The predicted molar refractivity (Wildman–Crippen MR) is 87.4 cm³/mol. The monoisotopic (exact) mass is 294 g/mol. The van der Waals surface area contributed by atoms with E-state index in [1.165, 1.54) is 51.5 Å². The minimum Gasteiger partial charge on any atom is -0.394 e. The van der Waals surface area contributed by atoms with Gasteiger partial charge >= 0.3 is 0 Å². The van der Waals surface area contributed by atoms with Crippen LogP contribution in [0, 0.1) is 5.92 Å². The van der Waals surface area contributed by atoms with Crippen LogP contribution in [-0.2, 0) is 0 Å². The fourth-order valence-electron chi connectivity index (χ4n) is 5.43. The van der Waals surface area contributed by atoms with Gasteiger partial charge in [-0.05, 0) is 57.4 Å². The molecule has 0 amide bonds. The van der Waals surface area contributed by atoms with Crippen molar-refractivity contribution in [2.45, 2.75) is 95.3 Å². The Morgan fingerprint density at radius 1 is 1.14 bits per heavy atom. The van der Waals surface area contributed by atoms with Crippen molar-refractivity contribution in [2.75, 3.05) is 13.2 Å². The molecular formula is C18H34N2O. The number of hydrogen-bond acceptors (Lipinski definition) is 3. The Morgan fingerprint density at radius 2 is 1.90 bits per heavy atom. The van der Waals surface area contributed by atoms with Crippen molar-refractivity contribution in [1.29, 1.82) is 0 Å².